The molecule has 3 nitrogen and oxygen atoms in total. The Labute approximate surface area is 117 Å². The number of aromatic nitrogens is 2. The summed E-state index contributed by atoms with van der Waals surface area (Å²) in [7, 11) is 0. The fourth-order valence-electron chi connectivity index (χ4n) is 2.07. The van der Waals surface area contributed by atoms with Crippen LogP contribution in [0.1, 0.15) is 0 Å². The van der Waals surface area contributed by atoms with Crippen molar-refractivity contribution in [2.75, 3.05) is 5.73 Å². The van der Waals surface area contributed by atoms with E-state index >= 15 is 0 Å². The van der Waals surface area contributed by atoms with Crippen molar-refractivity contribution in [3.63, 3.8) is 0 Å². The van der Waals surface area contributed by atoms with Crippen LogP contribution in [0.3, 0.4) is 0 Å². The summed E-state index contributed by atoms with van der Waals surface area (Å²) in [5, 5.41) is 1.64. The Kier molecular flexibility index (Phi) is 2.30. The third-order valence-electron chi connectivity index (χ3n) is 2.95. The van der Waals surface area contributed by atoms with Gasteiger partial charge in [-0.1, -0.05) is 23.5 Å². The fraction of sp³-hybridized carbons (Fsp3) is 0. The molecule has 92 valence electrons. The monoisotopic (exact) mass is 283 g/mol. The highest BCUT2D eigenvalue weighted by atomic mass is 32.1. The molecule has 0 amide bonds. The second kappa shape index (κ2) is 4.01. The predicted molar refractivity (Wildman–Crippen MR) is 82.6 cm³/mol. The molecule has 2 aromatic heterocycles. The van der Waals surface area contributed by atoms with Gasteiger partial charge >= 0.3 is 0 Å². The Bertz CT molecular complexity index is 859. The smallest absolute Gasteiger partial charge is 0.181 e. The van der Waals surface area contributed by atoms with Crippen LogP contribution >= 0.6 is 22.7 Å². The number of anilines is 1. The van der Waals surface area contributed by atoms with Gasteiger partial charge in [0.25, 0.3) is 0 Å². The van der Waals surface area contributed by atoms with E-state index in [1.807, 2.05) is 24.3 Å². The zero-order valence-electron chi connectivity index (χ0n) is 9.83. The van der Waals surface area contributed by atoms with Gasteiger partial charge in [0.15, 0.2) is 5.13 Å². The summed E-state index contributed by atoms with van der Waals surface area (Å²) in [6.45, 7) is 0. The Hall–Kier alpha value is -1.98. The van der Waals surface area contributed by atoms with Gasteiger partial charge in [-0.05, 0) is 30.3 Å². The first kappa shape index (κ1) is 10.9. The zero-order chi connectivity index (χ0) is 12.8. The normalized spacial score (nSPS) is 11.4. The van der Waals surface area contributed by atoms with Gasteiger partial charge in [0.1, 0.15) is 5.01 Å². The van der Waals surface area contributed by atoms with Gasteiger partial charge in [0.2, 0.25) is 0 Å². The van der Waals surface area contributed by atoms with Crippen LogP contribution in [-0.4, -0.2) is 9.97 Å². The minimum absolute atomic E-state index is 0.608. The Balaban J connectivity index is 1.92. The summed E-state index contributed by atoms with van der Waals surface area (Å²) >= 11 is 3.22. The van der Waals surface area contributed by atoms with Gasteiger partial charge < -0.3 is 5.73 Å². The summed E-state index contributed by atoms with van der Waals surface area (Å²) in [6, 6.07) is 14.4. The van der Waals surface area contributed by atoms with Gasteiger partial charge in [0, 0.05) is 5.56 Å². The second-order valence-corrected chi connectivity index (χ2v) is 6.31. The molecule has 0 radical (unpaired) electrons. The molecular weight excluding hydrogens is 274 g/mol. The summed E-state index contributed by atoms with van der Waals surface area (Å²) in [5.41, 5.74) is 8.86. The quantitative estimate of drug-likeness (QED) is 0.571. The number of nitrogens with two attached hydrogens (primary N) is 1. The zero-order valence-corrected chi connectivity index (χ0v) is 11.5. The maximum absolute atomic E-state index is 5.73. The summed E-state index contributed by atoms with van der Waals surface area (Å²) in [5.74, 6) is 0. The molecule has 2 heterocycles. The minimum Gasteiger partial charge on any atom is -0.375 e. The third kappa shape index (κ3) is 1.78. The van der Waals surface area contributed by atoms with E-state index in [1.54, 1.807) is 11.3 Å². The lowest BCUT2D eigenvalue weighted by molar-refractivity contribution is 1.47. The van der Waals surface area contributed by atoms with Crippen LogP contribution < -0.4 is 5.73 Å². The number of hydrogen-bond acceptors (Lipinski definition) is 5. The molecule has 0 saturated heterocycles. The largest absolute Gasteiger partial charge is 0.375 e. The highest BCUT2D eigenvalue weighted by Crippen LogP contribution is 2.33. The number of benzene rings is 2. The lowest BCUT2D eigenvalue weighted by atomic mass is 10.2. The fourth-order valence-corrected chi connectivity index (χ4v) is 3.81. The predicted octanol–water partition coefficient (Wildman–Crippen LogP) is 4.16. The number of fused-ring (bicyclic) bond motifs is 2. The Morgan fingerprint density at radius 3 is 2.58 bits per heavy atom. The molecule has 2 aromatic carbocycles. The molecule has 0 aliphatic rings. The number of nitrogens with zero attached hydrogens (tertiary/aromatic N) is 2. The van der Waals surface area contributed by atoms with Crippen molar-refractivity contribution in [2.24, 2.45) is 0 Å². The van der Waals surface area contributed by atoms with Crippen LogP contribution in [0.25, 0.3) is 31.0 Å². The van der Waals surface area contributed by atoms with Crippen molar-refractivity contribution >= 4 is 48.2 Å². The number of thiazole rings is 2. The average molecular weight is 283 g/mol. The van der Waals surface area contributed by atoms with E-state index in [0.717, 1.165) is 26.3 Å². The molecule has 0 atom stereocenters. The van der Waals surface area contributed by atoms with Gasteiger partial charge in [-0.2, -0.15) is 0 Å². The summed E-state index contributed by atoms with van der Waals surface area (Å²) in [4.78, 5) is 8.94. The van der Waals surface area contributed by atoms with Crippen LogP contribution in [0.15, 0.2) is 42.5 Å². The van der Waals surface area contributed by atoms with Crippen LogP contribution in [0.5, 0.6) is 0 Å². The maximum atomic E-state index is 5.73. The number of para-hydroxylation sites is 1. The molecule has 0 aliphatic heterocycles. The maximum Gasteiger partial charge on any atom is 0.181 e. The van der Waals surface area contributed by atoms with E-state index in [4.69, 9.17) is 5.73 Å². The van der Waals surface area contributed by atoms with E-state index < -0.39 is 0 Å². The van der Waals surface area contributed by atoms with E-state index in [0.29, 0.717) is 5.13 Å². The van der Waals surface area contributed by atoms with E-state index in [2.05, 4.69) is 28.2 Å². The SMILES string of the molecule is Nc1nc2ccc(-c3nc4ccccc4s3)cc2s1. The van der Waals surface area contributed by atoms with Gasteiger partial charge in [-0.25, -0.2) is 9.97 Å². The van der Waals surface area contributed by atoms with E-state index in [1.165, 1.54) is 16.0 Å². The first-order chi connectivity index (χ1) is 9.29. The minimum atomic E-state index is 0.608. The molecule has 0 saturated carbocycles. The highest BCUT2D eigenvalue weighted by molar-refractivity contribution is 7.22. The third-order valence-corrected chi connectivity index (χ3v) is 4.88. The standard InChI is InChI=1S/C14H9N3S2/c15-14-17-10-6-5-8(7-12(10)19-14)13-16-9-3-1-2-4-11(9)18-13/h1-7H,(H2,15,17). The van der Waals surface area contributed by atoms with Crippen molar-refractivity contribution in [3.8, 4) is 10.6 Å². The van der Waals surface area contributed by atoms with Crippen molar-refractivity contribution in [1.29, 1.82) is 0 Å². The lowest BCUT2D eigenvalue weighted by Crippen LogP contribution is -1.79. The van der Waals surface area contributed by atoms with Crippen molar-refractivity contribution in [3.05, 3.63) is 42.5 Å². The van der Waals surface area contributed by atoms with E-state index in [-0.39, 0.29) is 0 Å². The second-order valence-electron chi connectivity index (χ2n) is 4.22. The molecule has 4 rings (SSSR count). The molecule has 2 N–H and O–H groups in total. The van der Waals surface area contributed by atoms with Crippen LogP contribution in [0.2, 0.25) is 0 Å². The molecule has 0 spiro atoms. The summed E-state index contributed by atoms with van der Waals surface area (Å²) < 4.78 is 2.32. The summed E-state index contributed by atoms with van der Waals surface area (Å²) in [6.07, 6.45) is 0. The number of nitrogen functional groups attached to an aromatic ring is 1. The number of rotatable bonds is 1. The molecule has 0 fully saturated rings. The Morgan fingerprint density at radius 2 is 1.68 bits per heavy atom. The molecule has 5 heteroatoms. The first-order valence-electron chi connectivity index (χ1n) is 5.81. The molecule has 0 bridgehead atoms. The van der Waals surface area contributed by atoms with Crippen LogP contribution in [0, 0.1) is 0 Å². The topological polar surface area (TPSA) is 51.8 Å². The Morgan fingerprint density at radius 1 is 0.842 bits per heavy atom. The van der Waals surface area contributed by atoms with Crippen molar-refractivity contribution in [2.45, 2.75) is 0 Å². The lowest BCUT2D eigenvalue weighted by Gasteiger charge is -1.94. The van der Waals surface area contributed by atoms with E-state index in [9.17, 15) is 0 Å². The molecular formula is C14H9N3S2. The molecule has 19 heavy (non-hydrogen) atoms. The van der Waals surface area contributed by atoms with Crippen LogP contribution in [0.4, 0.5) is 5.13 Å². The van der Waals surface area contributed by atoms with Crippen molar-refractivity contribution in [1.82, 2.24) is 9.97 Å². The molecule has 0 aliphatic carbocycles. The van der Waals surface area contributed by atoms with Crippen LogP contribution in [-0.2, 0) is 0 Å². The number of hydrogen-bond donors (Lipinski definition) is 1. The first-order valence-corrected chi connectivity index (χ1v) is 7.45. The van der Waals surface area contributed by atoms with Gasteiger partial charge in [0.05, 0.1) is 20.4 Å². The van der Waals surface area contributed by atoms with Gasteiger partial charge in [-0.15, -0.1) is 11.3 Å². The van der Waals surface area contributed by atoms with Gasteiger partial charge in [-0.3, -0.25) is 0 Å². The molecule has 4 aromatic rings. The molecule has 0 unspecified atom stereocenters. The average Bonchev–Trinajstić information content (AvgIpc) is 2.99. The van der Waals surface area contributed by atoms with Crippen molar-refractivity contribution < 1.29 is 0 Å². The highest BCUT2D eigenvalue weighted by Gasteiger charge is 2.08.